The first kappa shape index (κ1) is 18.2. The number of hydrogen-bond acceptors (Lipinski definition) is 3. The van der Waals surface area contributed by atoms with E-state index in [1.165, 1.54) is 19.3 Å². The molecule has 1 saturated carbocycles. The third-order valence-corrected chi connectivity index (χ3v) is 5.10. The zero-order chi connectivity index (χ0) is 17.6. The van der Waals surface area contributed by atoms with Crippen molar-refractivity contribution in [1.29, 1.82) is 0 Å². The molecule has 0 aromatic heterocycles. The molecule has 0 spiro atoms. The molecule has 1 aliphatic carbocycles. The minimum Gasteiger partial charge on any atom is -0.373 e. The Morgan fingerprint density at radius 2 is 1.80 bits per heavy atom. The fourth-order valence-corrected chi connectivity index (χ4v) is 4.03. The third-order valence-electron chi connectivity index (χ3n) is 5.10. The molecule has 3 rings (SSSR count). The predicted molar refractivity (Wildman–Crippen MR) is 101 cm³/mol. The van der Waals surface area contributed by atoms with Gasteiger partial charge in [-0.3, -0.25) is 4.90 Å². The number of amides is 2. The van der Waals surface area contributed by atoms with Crippen LogP contribution in [-0.4, -0.2) is 42.3 Å². The lowest BCUT2D eigenvalue weighted by molar-refractivity contribution is -0.0704. The number of rotatable bonds is 4. The highest BCUT2D eigenvalue weighted by Crippen LogP contribution is 2.21. The Morgan fingerprint density at radius 1 is 1.12 bits per heavy atom. The summed E-state index contributed by atoms with van der Waals surface area (Å²) in [5.74, 6) is 0. The van der Waals surface area contributed by atoms with E-state index >= 15 is 0 Å². The summed E-state index contributed by atoms with van der Waals surface area (Å²) >= 11 is 0. The highest BCUT2D eigenvalue weighted by molar-refractivity contribution is 5.90. The maximum Gasteiger partial charge on any atom is 0.319 e. The number of para-hydroxylation sites is 1. The van der Waals surface area contributed by atoms with Crippen molar-refractivity contribution < 1.29 is 9.53 Å². The first-order valence-electron chi connectivity index (χ1n) is 9.63. The third kappa shape index (κ3) is 5.44. The van der Waals surface area contributed by atoms with Gasteiger partial charge in [-0.05, 0) is 38.3 Å². The maximum absolute atomic E-state index is 12.4. The summed E-state index contributed by atoms with van der Waals surface area (Å²) in [7, 11) is 0. The highest BCUT2D eigenvalue weighted by atomic mass is 16.5. The van der Waals surface area contributed by atoms with Gasteiger partial charge in [0.05, 0.1) is 12.2 Å². The van der Waals surface area contributed by atoms with Gasteiger partial charge >= 0.3 is 6.03 Å². The molecule has 2 fully saturated rings. The minimum absolute atomic E-state index is 0.0805. The number of nitrogens with one attached hydrogen (secondary N) is 2. The van der Waals surface area contributed by atoms with Crippen molar-refractivity contribution in [1.82, 2.24) is 10.2 Å². The number of carbonyl (C=O) groups excluding carboxylic acids is 1. The average Bonchev–Trinajstić information content (AvgIpc) is 2.56. The molecule has 2 amide bonds. The average molecular weight is 345 g/mol. The van der Waals surface area contributed by atoms with E-state index in [-0.39, 0.29) is 18.2 Å². The molecule has 0 radical (unpaired) electrons. The van der Waals surface area contributed by atoms with Gasteiger partial charge in [-0.2, -0.15) is 0 Å². The van der Waals surface area contributed by atoms with Crippen molar-refractivity contribution >= 4 is 11.7 Å². The largest absolute Gasteiger partial charge is 0.373 e. The molecular formula is C20H31N3O2. The molecule has 1 aromatic carbocycles. The molecule has 138 valence electrons. The van der Waals surface area contributed by atoms with Crippen LogP contribution in [0.25, 0.3) is 0 Å². The van der Waals surface area contributed by atoms with E-state index in [0.29, 0.717) is 6.04 Å². The van der Waals surface area contributed by atoms with Gasteiger partial charge in [-0.15, -0.1) is 0 Å². The van der Waals surface area contributed by atoms with Crippen LogP contribution in [0.4, 0.5) is 10.5 Å². The smallest absolute Gasteiger partial charge is 0.319 e. The van der Waals surface area contributed by atoms with Gasteiger partial charge in [-0.1, -0.05) is 37.5 Å². The van der Waals surface area contributed by atoms with Crippen LogP contribution in [0.3, 0.4) is 0 Å². The number of benzene rings is 1. The minimum atomic E-state index is -0.0805. The van der Waals surface area contributed by atoms with E-state index in [9.17, 15) is 4.79 Å². The van der Waals surface area contributed by atoms with Crippen molar-refractivity contribution in [2.24, 2.45) is 0 Å². The van der Waals surface area contributed by atoms with E-state index in [2.05, 4.69) is 35.4 Å². The normalized spacial score (nSPS) is 25.5. The van der Waals surface area contributed by atoms with E-state index in [1.807, 2.05) is 18.2 Å². The molecular weight excluding hydrogens is 314 g/mol. The molecule has 25 heavy (non-hydrogen) atoms. The monoisotopic (exact) mass is 345 g/mol. The summed E-state index contributed by atoms with van der Waals surface area (Å²) in [6.07, 6.45) is 6.41. The number of morpholine rings is 1. The number of nitrogens with zero attached hydrogens (tertiary/aromatic N) is 1. The summed E-state index contributed by atoms with van der Waals surface area (Å²) in [6, 6.07) is 8.34. The molecule has 2 N–H and O–H groups in total. The van der Waals surface area contributed by atoms with Crippen molar-refractivity contribution in [3.63, 3.8) is 0 Å². The fraction of sp³-hybridized carbons (Fsp3) is 0.650. The Hall–Kier alpha value is -1.59. The second-order valence-electron chi connectivity index (χ2n) is 7.54. The Morgan fingerprint density at radius 3 is 2.52 bits per heavy atom. The molecule has 1 saturated heterocycles. The molecule has 1 aliphatic heterocycles. The summed E-state index contributed by atoms with van der Waals surface area (Å²) in [5, 5.41) is 6.19. The summed E-state index contributed by atoms with van der Waals surface area (Å²) in [5.41, 5.74) is 2.06. The predicted octanol–water partition coefficient (Wildman–Crippen LogP) is 3.75. The molecule has 2 atom stereocenters. The Labute approximate surface area is 151 Å². The molecule has 5 nitrogen and oxygen atoms in total. The lowest BCUT2D eigenvalue weighted by Gasteiger charge is -2.35. The Kier molecular flexibility index (Phi) is 6.32. The van der Waals surface area contributed by atoms with Gasteiger partial charge in [0.2, 0.25) is 0 Å². The van der Waals surface area contributed by atoms with Gasteiger partial charge in [0.25, 0.3) is 0 Å². The van der Waals surface area contributed by atoms with E-state index in [4.69, 9.17) is 4.74 Å². The maximum atomic E-state index is 12.4. The Balaban J connectivity index is 1.59. The second kappa shape index (κ2) is 8.68. The molecule has 0 bridgehead atoms. The summed E-state index contributed by atoms with van der Waals surface area (Å²) < 4.78 is 5.81. The second-order valence-corrected chi connectivity index (χ2v) is 7.54. The molecule has 1 heterocycles. The van der Waals surface area contributed by atoms with Crippen LogP contribution in [0.1, 0.15) is 51.5 Å². The van der Waals surface area contributed by atoms with Crippen LogP contribution in [-0.2, 0) is 11.3 Å². The highest BCUT2D eigenvalue weighted by Gasteiger charge is 2.23. The number of anilines is 1. The quantitative estimate of drug-likeness (QED) is 0.874. The van der Waals surface area contributed by atoms with Crippen LogP contribution >= 0.6 is 0 Å². The zero-order valence-electron chi connectivity index (χ0n) is 15.5. The summed E-state index contributed by atoms with van der Waals surface area (Å²) in [6.45, 7) is 6.91. The first-order valence-corrected chi connectivity index (χ1v) is 9.63. The number of hydrogen-bond donors (Lipinski definition) is 2. The zero-order valence-corrected chi connectivity index (χ0v) is 15.5. The van der Waals surface area contributed by atoms with Crippen LogP contribution < -0.4 is 10.6 Å². The van der Waals surface area contributed by atoms with Crippen molar-refractivity contribution in [3.8, 4) is 0 Å². The van der Waals surface area contributed by atoms with Gasteiger partial charge in [-0.25, -0.2) is 4.79 Å². The molecule has 2 aliphatic rings. The number of ether oxygens (including phenoxy) is 1. The molecule has 5 heteroatoms. The van der Waals surface area contributed by atoms with Crippen molar-refractivity contribution in [2.45, 2.75) is 70.7 Å². The SMILES string of the molecule is CC1CN(Cc2ccccc2NC(=O)NC2CCCCC2)CC(C)O1. The molecule has 2 unspecified atom stereocenters. The lowest BCUT2D eigenvalue weighted by Crippen LogP contribution is -2.45. The Bertz CT molecular complexity index is 562. The van der Waals surface area contributed by atoms with Gasteiger partial charge in [0, 0.05) is 31.4 Å². The van der Waals surface area contributed by atoms with Gasteiger partial charge < -0.3 is 15.4 Å². The van der Waals surface area contributed by atoms with Crippen LogP contribution in [0.15, 0.2) is 24.3 Å². The van der Waals surface area contributed by atoms with Gasteiger partial charge in [0.15, 0.2) is 0 Å². The van der Waals surface area contributed by atoms with E-state index < -0.39 is 0 Å². The number of urea groups is 1. The standard InChI is InChI=1S/C20H31N3O2/c1-15-12-23(13-16(2)25-15)14-17-8-6-7-11-19(17)22-20(24)21-18-9-4-3-5-10-18/h6-8,11,15-16,18H,3-5,9-10,12-14H2,1-2H3,(H2,21,22,24). The summed E-state index contributed by atoms with van der Waals surface area (Å²) in [4.78, 5) is 14.8. The van der Waals surface area contributed by atoms with Crippen LogP contribution in [0.2, 0.25) is 0 Å². The number of carbonyl (C=O) groups is 1. The van der Waals surface area contributed by atoms with Crippen LogP contribution in [0, 0.1) is 0 Å². The van der Waals surface area contributed by atoms with Crippen molar-refractivity contribution in [3.05, 3.63) is 29.8 Å². The van der Waals surface area contributed by atoms with Crippen LogP contribution in [0.5, 0.6) is 0 Å². The lowest BCUT2D eigenvalue weighted by atomic mass is 9.96. The molecule has 1 aromatic rings. The first-order chi connectivity index (χ1) is 12.1. The fourth-order valence-electron chi connectivity index (χ4n) is 4.03. The van der Waals surface area contributed by atoms with E-state index in [0.717, 1.165) is 43.7 Å². The van der Waals surface area contributed by atoms with E-state index in [1.54, 1.807) is 0 Å². The topological polar surface area (TPSA) is 53.6 Å². The van der Waals surface area contributed by atoms with Crippen molar-refractivity contribution in [2.75, 3.05) is 18.4 Å². The van der Waals surface area contributed by atoms with Gasteiger partial charge in [0.1, 0.15) is 0 Å².